The van der Waals surface area contributed by atoms with Crippen molar-refractivity contribution in [1.82, 2.24) is 20.2 Å². The maximum Gasteiger partial charge on any atom is 0.315 e. The molecule has 2 N–H and O–H groups in total. The molecule has 0 aliphatic carbocycles. The first kappa shape index (κ1) is 17.5. The quantitative estimate of drug-likeness (QED) is 0.718. The van der Waals surface area contributed by atoms with E-state index in [4.69, 9.17) is 4.74 Å². The maximum absolute atomic E-state index is 12.5. The molecule has 0 aliphatic heterocycles. The smallest absolute Gasteiger partial charge is 0.315 e. The third kappa shape index (κ3) is 4.03. The summed E-state index contributed by atoms with van der Waals surface area (Å²) >= 11 is 0. The average molecular weight is 350 g/mol. The molecule has 6 heteroatoms. The number of carbonyl (C=O) groups is 1. The zero-order chi connectivity index (χ0) is 18.4. The lowest BCUT2D eigenvalue weighted by molar-refractivity contribution is 0.237. The number of hydrogen-bond acceptors (Lipinski definition) is 3. The largest absolute Gasteiger partial charge is 0.496 e. The van der Waals surface area contributed by atoms with E-state index < -0.39 is 0 Å². The van der Waals surface area contributed by atoms with Crippen molar-refractivity contribution in [3.8, 4) is 5.75 Å². The van der Waals surface area contributed by atoms with E-state index in [0.29, 0.717) is 6.54 Å². The predicted molar refractivity (Wildman–Crippen MR) is 99.9 cm³/mol. The van der Waals surface area contributed by atoms with E-state index in [1.165, 1.54) is 0 Å². The summed E-state index contributed by atoms with van der Waals surface area (Å²) in [6.07, 6.45) is 3.58. The van der Waals surface area contributed by atoms with Gasteiger partial charge < -0.3 is 19.9 Å². The third-order valence-electron chi connectivity index (χ3n) is 4.16. The minimum atomic E-state index is -0.339. The molecule has 2 amide bonds. The lowest BCUT2D eigenvalue weighted by Gasteiger charge is -2.19. The first-order valence-corrected chi connectivity index (χ1v) is 8.37. The fraction of sp³-hybridized carbons (Fsp3) is 0.200. The predicted octanol–water partition coefficient (Wildman–Crippen LogP) is 3.02. The Bertz CT molecular complexity index is 861. The molecule has 0 bridgehead atoms. The van der Waals surface area contributed by atoms with Crippen LogP contribution in [0.2, 0.25) is 0 Å². The van der Waals surface area contributed by atoms with Crippen LogP contribution in [-0.2, 0) is 13.6 Å². The van der Waals surface area contributed by atoms with E-state index in [2.05, 4.69) is 15.6 Å². The Balaban J connectivity index is 1.73. The molecular formula is C20H22N4O2. The number of hydrogen-bond donors (Lipinski definition) is 2. The molecule has 0 fully saturated rings. The summed E-state index contributed by atoms with van der Waals surface area (Å²) < 4.78 is 7.22. The number of amides is 2. The second-order valence-corrected chi connectivity index (χ2v) is 5.88. The minimum Gasteiger partial charge on any atom is -0.496 e. The Labute approximate surface area is 152 Å². The number of para-hydroxylation sites is 1. The second kappa shape index (κ2) is 8.20. The van der Waals surface area contributed by atoms with Gasteiger partial charge in [-0.25, -0.2) is 9.78 Å². The van der Waals surface area contributed by atoms with E-state index in [1.54, 1.807) is 13.3 Å². The molecule has 134 valence electrons. The maximum atomic E-state index is 12.5. The number of ether oxygens (including phenoxy) is 1. The van der Waals surface area contributed by atoms with Crippen LogP contribution in [0, 0.1) is 0 Å². The molecule has 3 aromatic rings. The van der Waals surface area contributed by atoms with Crippen molar-refractivity contribution in [2.75, 3.05) is 7.11 Å². The second-order valence-electron chi connectivity index (χ2n) is 5.88. The minimum absolute atomic E-state index is 0.271. The zero-order valence-electron chi connectivity index (χ0n) is 14.8. The number of aromatic nitrogens is 2. The van der Waals surface area contributed by atoms with Gasteiger partial charge in [0.2, 0.25) is 0 Å². The van der Waals surface area contributed by atoms with Crippen molar-refractivity contribution in [3.05, 3.63) is 83.9 Å². The van der Waals surface area contributed by atoms with Crippen molar-refractivity contribution < 1.29 is 9.53 Å². The molecule has 0 saturated heterocycles. The number of aryl methyl sites for hydroxylation is 1. The number of methoxy groups -OCH3 is 1. The highest BCUT2D eigenvalue weighted by atomic mass is 16.5. The summed E-state index contributed by atoms with van der Waals surface area (Å²) in [5.74, 6) is 1.51. The summed E-state index contributed by atoms with van der Waals surface area (Å²) in [4.78, 5) is 16.9. The number of rotatable bonds is 6. The lowest BCUT2D eigenvalue weighted by Crippen LogP contribution is -2.39. The van der Waals surface area contributed by atoms with Crippen LogP contribution in [0.25, 0.3) is 0 Å². The standard InChI is InChI=1S/C20H22N4O2/c1-24-13-12-21-19(24)18(15-8-4-3-5-9-15)23-20(25)22-14-16-10-6-7-11-17(16)26-2/h3-13,18H,14H2,1-2H3,(H2,22,23,25)/t18-/m0/s1. The van der Waals surface area contributed by atoms with E-state index in [-0.39, 0.29) is 12.1 Å². The molecule has 0 aliphatic rings. The fourth-order valence-electron chi connectivity index (χ4n) is 2.80. The summed E-state index contributed by atoms with van der Waals surface area (Å²) in [6, 6.07) is 16.8. The van der Waals surface area contributed by atoms with Crippen LogP contribution >= 0.6 is 0 Å². The molecule has 1 aromatic heterocycles. The van der Waals surface area contributed by atoms with Crippen LogP contribution in [0.3, 0.4) is 0 Å². The molecule has 0 radical (unpaired) electrons. The molecule has 1 heterocycles. The van der Waals surface area contributed by atoms with Crippen molar-refractivity contribution >= 4 is 6.03 Å². The van der Waals surface area contributed by atoms with Crippen LogP contribution in [-0.4, -0.2) is 22.7 Å². The summed E-state index contributed by atoms with van der Waals surface area (Å²) in [5.41, 5.74) is 1.88. The van der Waals surface area contributed by atoms with Gasteiger partial charge in [-0.3, -0.25) is 0 Å². The van der Waals surface area contributed by atoms with Gasteiger partial charge >= 0.3 is 6.03 Å². The highest BCUT2D eigenvalue weighted by Crippen LogP contribution is 2.20. The summed E-state index contributed by atoms with van der Waals surface area (Å²) in [6.45, 7) is 0.373. The van der Waals surface area contributed by atoms with Crippen molar-refractivity contribution in [1.29, 1.82) is 0 Å². The highest BCUT2D eigenvalue weighted by molar-refractivity contribution is 5.75. The molecule has 0 saturated carbocycles. The topological polar surface area (TPSA) is 68.2 Å². The Hall–Kier alpha value is -3.28. The lowest BCUT2D eigenvalue weighted by atomic mass is 10.1. The SMILES string of the molecule is COc1ccccc1CNC(=O)N[C@@H](c1ccccc1)c1nccn1C. The molecule has 6 nitrogen and oxygen atoms in total. The van der Waals surface area contributed by atoms with Crippen LogP contribution in [0.5, 0.6) is 5.75 Å². The first-order chi connectivity index (χ1) is 12.7. The Morgan fingerprint density at radius 1 is 1.15 bits per heavy atom. The number of urea groups is 1. The third-order valence-corrected chi connectivity index (χ3v) is 4.16. The summed E-state index contributed by atoms with van der Waals surface area (Å²) in [7, 11) is 3.53. The zero-order valence-corrected chi connectivity index (χ0v) is 14.8. The molecule has 26 heavy (non-hydrogen) atoms. The number of imidazole rings is 1. The molecule has 0 spiro atoms. The Morgan fingerprint density at radius 2 is 1.88 bits per heavy atom. The number of benzene rings is 2. The van der Waals surface area contributed by atoms with Gasteiger partial charge in [-0.2, -0.15) is 0 Å². The van der Waals surface area contributed by atoms with E-state index >= 15 is 0 Å². The molecule has 3 rings (SSSR count). The monoisotopic (exact) mass is 350 g/mol. The number of nitrogens with zero attached hydrogens (tertiary/aromatic N) is 2. The van der Waals surface area contributed by atoms with Crippen LogP contribution in [0.1, 0.15) is 23.0 Å². The van der Waals surface area contributed by atoms with E-state index in [9.17, 15) is 4.79 Å². The normalized spacial score (nSPS) is 11.6. The molecule has 0 unspecified atom stereocenters. The van der Waals surface area contributed by atoms with Gasteiger partial charge in [0.05, 0.1) is 7.11 Å². The summed E-state index contributed by atoms with van der Waals surface area (Å²) in [5, 5.41) is 5.90. The van der Waals surface area contributed by atoms with Crippen molar-refractivity contribution in [3.63, 3.8) is 0 Å². The van der Waals surface area contributed by atoms with Gasteiger partial charge in [-0.1, -0.05) is 48.5 Å². The van der Waals surface area contributed by atoms with Gasteiger partial charge in [0.15, 0.2) is 0 Å². The van der Waals surface area contributed by atoms with Crippen molar-refractivity contribution in [2.24, 2.45) is 7.05 Å². The fourth-order valence-corrected chi connectivity index (χ4v) is 2.80. The van der Waals surface area contributed by atoms with E-state index in [0.717, 1.165) is 22.7 Å². The number of carbonyl (C=O) groups excluding carboxylic acids is 1. The van der Waals surface area contributed by atoms with Crippen LogP contribution in [0.15, 0.2) is 67.0 Å². The van der Waals surface area contributed by atoms with Gasteiger partial charge in [-0.05, 0) is 11.6 Å². The van der Waals surface area contributed by atoms with Crippen LogP contribution in [0.4, 0.5) is 4.79 Å². The van der Waals surface area contributed by atoms with Gasteiger partial charge in [-0.15, -0.1) is 0 Å². The van der Waals surface area contributed by atoms with E-state index in [1.807, 2.05) is 72.4 Å². The van der Waals surface area contributed by atoms with Gasteiger partial charge in [0, 0.05) is 31.5 Å². The van der Waals surface area contributed by atoms with Crippen molar-refractivity contribution in [2.45, 2.75) is 12.6 Å². The van der Waals surface area contributed by atoms with Gasteiger partial charge in [0.1, 0.15) is 17.6 Å². The molecule has 2 aromatic carbocycles. The Kier molecular flexibility index (Phi) is 5.53. The first-order valence-electron chi connectivity index (χ1n) is 8.37. The molecular weight excluding hydrogens is 328 g/mol. The molecule has 1 atom stereocenters. The average Bonchev–Trinajstić information content (AvgIpc) is 3.11. The Morgan fingerprint density at radius 3 is 2.58 bits per heavy atom. The van der Waals surface area contributed by atoms with Crippen LogP contribution < -0.4 is 15.4 Å². The van der Waals surface area contributed by atoms with Gasteiger partial charge in [0.25, 0.3) is 0 Å². The number of nitrogens with one attached hydrogen (secondary N) is 2. The highest BCUT2D eigenvalue weighted by Gasteiger charge is 2.20.